The zero-order valence-corrected chi connectivity index (χ0v) is 10.9. The molecule has 1 atom stereocenters. The van der Waals surface area contributed by atoms with Crippen LogP contribution in [0.1, 0.15) is 28.5 Å². The van der Waals surface area contributed by atoms with E-state index >= 15 is 0 Å². The molecule has 0 spiro atoms. The molecule has 0 aliphatic heterocycles. The number of aryl methyl sites for hydroxylation is 1. The number of benzene rings is 1. The highest BCUT2D eigenvalue weighted by Crippen LogP contribution is 2.30. The van der Waals surface area contributed by atoms with E-state index in [4.69, 9.17) is 0 Å². The van der Waals surface area contributed by atoms with Crippen molar-refractivity contribution < 1.29 is 18.3 Å². The van der Waals surface area contributed by atoms with Crippen LogP contribution in [0.15, 0.2) is 42.6 Å². The Morgan fingerprint density at radius 2 is 1.95 bits per heavy atom. The molecule has 0 saturated heterocycles. The quantitative estimate of drug-likeness (QED) is 0.930. The molecule has 2 rings (SSSR count). The summed E-state index contributed by atoms with van der Waals surface area (Å²) in [5.74, 6) is 0. The van der Waals surface area contributed by atoms with Gasteiger partial charge in [-0.05, 0) is 36.2 Å². The predicted octanol–water partition coefficient (Wildman–Crippen LogP) is 3.68. The van der Waals surface area contributed by atoms with Gasteiger partial charge in [0, 0.05) is 18.3 Å². The number of hydrogen-bond donors (Lipinski definition) is 1. The number of hydrogen-bond acceptors (Lipinski definition) is 2. The third-order valence-corrected chi connectivity index (χ3v) is 2.99. The van der Waals surface area contributed by atoms with Crippen LogP contribution in [0.5, 0.6) is 0 Å². The van der Waals surface area contributed by atoms with Crippen molar-refractivity contribution in [3.05, 3.63) is 65.0 Å². The molecule has 0 radical (unpaired) electrons. The van der Waals surface area contributed by atoms with Gasteiger partial charge in [-0.25, -0.2) is 0 Å². The van der Waals surface area contributed by atoms with Crippen molar-refractivity contribution in [2.45, 2.75) is 25.6 Å². The number of aliphatic hydroxyl groups is 1. The molecule has 20 heavy (non-hydrogen) atoms. The third-order valence-electron chi connectivity index (χ3n) is 2.99. The van der Waals surface area contributed by atoms with Crippen molar-refractivity contribution in [3.63, 3.8) is 0 Å². The van der Waals surface area contributed by atoms with Crippen LogP contribution in [0.3, 0.4) is 0 Å². The van der Waals surface area contributed by atoms with Crippen molar-refractivity contribution in [2.24, 2.45) is 0 Å². The van der Waals surface area contributed by atoms with Gasteiger partial charge in [0.15, 0.2) is 0 Å². The number of alkyl halides is 3. The zero-order chi connectivity index (χ0) is 14.8. The van der Waals surface area contributed by atoms with Crippen LogP contribution in [0, 0.1) is 6.92 Å². The average Bonchev–Trinajstić information content (AvgIpc) is 2.38. The van der Waals surface area contributed by atoms with Crippen molar-refractivity contribution in [1.29, 1.82) is 0 Å². The Bertz CT molecular complexity index is 596. The summed E-state index contributed by atoms with van der Waals surface area (Å²) < 4.78 is 37.8. The topological polar surface area (TPSA) is 33.1 Å². The monoisotopic (exact) mass is 281 g/mol. The van der Waals surface area contributed by atoms with Crippen LogP contribution in [0.25, 0.3) is 0 Å². The number of rotatable bonds is 3. The van der Waals surface area contributed by atoms with E-state index in [1.54, 1.807) is 31.3 Å². The van der Waals surface area contributed by atoms with Crippen molar-refractivity contribution >= 4 is 0 Å². The lowest BCUT2D eigenvalue weighted by Crippen LogP contribution is -2.07. The average molecular weight is 281 g/mol. The maximum atomic E-state index is 12.6. The number of aliphatic hydroxyl groups excluding tert-OH is 1. The summed E-state index contributed by atoms with van der Waals surface area (Å²) in [5.41, 5.74) is 1.15. The first-order valence-electron chi connectivity index (χ1n) is 6.13. The summed E-state index contributed by atoms with van der Waals surface area (Å²) in [7, 11) is 0. The van der Waals surface area contributed by atoms with Gasteiger partial charge < -0.3 is 5.11 Å². The predicted molar refractivity (Wildman–Crippen MR) is 69.1 cm³/mol. The van der Waals surface area contributed by atoms with E-state index in [1.165, 1.54) is 6.07 Å². The highest BCUT2D eigenvalue weighted by molar-refractivity contribution is 5.28. The van der Waals surface area contributed by atoms with Crippen LogP contribution < -0.4 is 0 Å². The van der Waals surface area contributed by atoms with E-state index in [2.05, 4.69) is 4.98 Å². The molecule has 0 aliphatic rings. The fourth-order valence-corrected chi connectivity index (χ4v) is 1.99. The van der Waals surface area contributed by atoms with Gasteiger partial charge in [0.05, 0.1) is 11.7 Å². The molecule has 0 bridgehead atoms. The molecule has 1 heterocycles. The second-order valence-electron chi connectivity index (χ2n) is 4.65. The molecule has 5 heteroatoms. The van der Waals surface area contributed by atoms with Crippen LogP contribution in [0.4, 0.5) is 13.2 Å². The molecule has 0 aliphatic carbocycles. The molecule has 1 aromatic carbocycles. The fourth-order valence-electron chi connectivity index (χ4n) is 1.99. The standard InChI is InChI=1S/C15H14F3NO/c1-10-7-12(5-6-19-10)14(20)9-11-3-2-4-13(8-11)15(16,17)18/h2-8,14,20H,9H2,1H3. The maximum absolute atomic E-state index is 12.6. The second kappa shape index (κ2) is 5.63. The summed E-state index contributed by atoms with van der Waals surface area (Å²) in [6.07, 6.45) is -3.51. The molecule has 2 aromatic rings. The summed E-state index contributed by atoms with van der Waals surface area (Å²) in [6, 6.07) is 8.39. The SMILES string of the molecule is Cc1cc(C(O)Cc2cccc(C(F)(F)F)c2)ccn1. The van der Waals surface area contributed by atoms with Gasteiger partial charge in [-0.2, -0.15) is 13.2 Å². The number of pyridine rings is 1. The van der Waals surface area contributed by atoms with Crippen LogP contribution >= 0.6 is 0 Å². The first kappa shape index (κ1) is 14.5. The Balaban J connectivity index is 2.18. The van der Waals surface area contributed by atoms with E-state index in [0.717, 1.165) is 17.8 Å². The van der Waals surface area contributed by atoms with E-state index < -0.39 is 17.8 Å². The lowest BCUT2D eigenvalue weighted by molar-refractivity contribution is -0.137. The van der Waals surface area contributed by atoms with Crippen LogP contribution in [0.2, 0.25) is 0 Å². The van der Waals surface area contributed by atoms with Gasteiger partial charge in [-0.15, -0.1) is 0 Å². The van der Waals surface area contributed by atoms with Crippen LogP contribution in [-0.2, 0) is 12.6 Å². The number of aromatic nitrogens is 1. The van der Waals surface area contributed by atoms with Crippen molar-refractivity contribution in [3.8, 4) is 0 Å². The Morgan fingerprint density at radius 3 is 2.60 bits per heavy atom. The second-order valence-corrected chi connectivity index (χ2v) is 4.65. The molecule has 1 unspecified atom stereocenters. The minimum Gasteiger partial charge on any atom is -0.388 e. The largest absolute Gasteiger partial charge is 0.416 e. The van der Waals surface area contributed by atoms with Crippen molar-refractivity contribution in [1.82, 2.24) is 4.98 Å². The Labute approximate surface area is 114 Å². The van der Waals surface area contributed by atoms with E-state index in [0.29, 0.717) is 11.1 Å². The minimum atomic E-state index is -4.37. The maximum Gasteiger partial charge on any atom is 0.416 e. The molecule has 106 valence electrons. The van der Waals surface area contributed by atoms with Gasteiger partial charge in [0.1, 0.15) is 0 Å². The first-order chi connectivity index (χ1) is 9.36. The molecular formula is C15H14F3NO. The van der Waals surface area contributed by atoms with E-state index in [-0.39, 0.29) is 6.42 Å². The number of nitrogens with zero attached hydrogens (tertiary/aromatic N) is 1. The lowest BCUT2D eigenvalue weighted by Gasteiger charge is -2.13. The van der Waals surface area contributed by atoms with Gasteiger partial charge in [-0.1, -0.05) is 18.2 Å². The summed E-state index contributed by atoms with van der Waals surface area (Å²) in [4.78, 5) is 4.02. The van der Waals surface area contributed by atoms with Crippen molar-refractivity contribution in [2.75, 3.05) is 0 Å². The highest BCUT2D eigenvalue weighted by atomic mass is 19.4. The summed E-state index contributed by atoms with van der Waals surface area (Å²) in [5, 5.41) is 10.1. The molecule has 0 fully saturated rings. The molecule has 0 amide bonds. The smallest absolute Gasteiger partial charge is 0.388 e. The van der Waals surface area contributed by atoms with Gasteiger partial charge >= 0.3 is 6.18 Å². The van der Waals surface area contributed by atoms with E-state index in [1.807, 2.05) is 0 Å². The summed E-state index contributed by atoms with van der Waals surface area (Å²) >= 11 is 0. The molecule has 2 nitrogen and oxygen atoms in total. The fraction of sp³-hybridized carbons (Fsp3) is 0.267. The van der Waals surface area contributed by atoms with E-state index in [9.17, 15) is 18.3 Å². The first-order valence-corrected chi connectivity index (χ1v) is 6.13. The van der Waals surface area contributed by atoms with Crippen LogP contribution in [-0.4, -0.2) is 10.1 Å². The Hall–Kier alpha value is -1.88. The molecule has 1 aromatic heterocycles. The zero-order valence-electron chi connectivity index (χ0n) is 10.9. The number of halogens is 3. The minimum absolute atomic E-state index is 0.132. The Kier molecular flexibility index (Phi) is 4.09. The molecule has 0 saturated carbocycles. The van der Waals surface area contributed by atoms with Gasteiger partial charge in [-0.3, -0.25) is 4.98 Å². The Morgan fingerprint density at radius 1 is 1.20 bits per heavy atom. The third kappa shape index (κ3) is 3.57. The molecular weight excluding hydrogens is 267 g/mol. The molecule has 1 N–H and O–H groups in total. The lowest BCUT2D eigenvalue weighted by atomic mass is 10.00. The van der Waals surface area contributed by atoms with Gasteiger partial charge in [0.2, 0.25) is 0 Å². The summed E-state index contributed by atoms with van der Waals surface area (Å²) in [6.45, 7) is 1.79. The normalized spacial score (nSPS) is 13.2. The highest BCUT2D eigenvalue weighted by Gasteiger charge is 2.30. The van der Waals surface area contributed by atoms with Gasteiger partial charge in [0.25, 0.3) is 0 Å².